The Morgan fingerprint density at radius 3 is 2.41 bits per heavy atom. The van der Waals surface area contributed by atoms with Crippen LogP contribution >= 0.6 is 0 Å². The number of anilines is 2. The van der Waals surface area contributed by atoms with Crippen LogP contribution in [0.2, 0.25) is 0 Å². The number of likely N-dealkylation sites (N-methyl/N-ethyl adjacent to an activating group) is 1. The maximum absolute atomic E-state index is 13.3. The van der Waals surface area contributed by atoms with Crippen LogP contribution in [-0.4, -0.2) is 89.8 Å². The van der Waals surface area contributed by atoms with Gasteiger partial charge >= 0.3 is 6.18 Å². The number of H-pyrrole nitrogens is 1. The molecule has 2 aliphatic rings. The number of ether oxygens (including phenoxy) is 1. The number of halogens is 3. The lowest BCUT2D eigenvalue weighted by molar-refractivity contribution is -0.137. The second kappa shape index (κ2) is 15.2. The molecular formula is C38H39F3N6O4. The van der Waals surface area contributed by atoms with Crippen LogP contribution in [0.5, 0.6) is 11.5 Å². The number of nitrogens with zero attached hydrogens (tertiary/aromatic N) is 3. The van der Waals surface area contributed by atoms with Gasteiger partial charge in [0.05, 0.1) is 22.4 Å². The van der Waals surface area contributed by atoms with Gasteiger partial charge in [-0.3, -0.25) is 19.3 Å². The van der Waals surface area contributed by atoms with Gasteiger partial charge in [-0.05, 0) is 67.7 Å². The van der Waals surface area contributed by atoms with Gasteiger partial charge in [0.1, 0.15) is 11.5 Å². The highest BCUT2D eigenvalue weighted by Crippen LogP contribution is 2.37. The zero-order valence-electron chi connectivity index (χ0n) is 28.3. The summed E-state index contributed by atoms with van der Waals surface area (Å²) in [5.41, 5.74) is 2.07. The molecule has 2 aliphatic heterocycles. The molecule has 0 radical (unpaired) electrons. The number of hydrogen-bond acceptors (Lipinski definition) is 6. The molecule has 13 heteroatoms. The lowest BCUT2D eigenvalue weighted by Gasteiger charge is -2.35. The third kappa shape index (κ3) is 8.50. The highest BCUT2D eigenvalue weighted by Gasteiger charge is 2.31. The van der Waals surface area contributed by atoms with Crippen LogP contribution in [0, 0.1) is 0 Å². The Balaban J connectivity index is 1.07. The first kappa shape index (κ1) is 35.4. The van der Waals surface area contributed by atoms with Gasteiger partial charge in [-0.25, -0.2) is 0 Å². The van der Waals surface area contributed by atoms with Gasteiger partial charge in [-0.1, -0.05) is 26.0 Å². The molecule has 0 bridgehead atoms. The molecule has 3 N–H and O–H groups in total. The average molecular weight is 701 g/mol. The van der Waals surface area contributed by atoms with Gasteiger partial charge in [0.15, 0.2) is 0 Å². The van der Waals surface area contributed by atoms with E-state index in [9.17, 15) is 27.6 Å². The molecule has 0 unspecified atom stereocenters. The zero-order valence-corrected chi connectivity index (χ0v) is 28.3. The number of aromatic amines is 1. The van der Waals surface area contributed by atoms with Crippen molar-refractivity contribution in [2.75, 3.05) is 63.0 Å². The molecule has 0 spiro atoms. The van der Waals surface area contributed by atoms with Crippen LogP contribution < -0.4 is 15.4 Å². The number of piperazine rings is 1. The molecule has 3 amide bonds. The van der Waals surface area contributed by atoms with Crippen LogP contribution in [0.4, 0.5) is 24.5 Å². The van der Waals surface area contributed by atoms with E-state index in [2.05, 4.69) is 39.3 Å². The maximum atomic E-state index is 13.3. The lowest BCUT2D eigenvalue weighted by Crippen LogP contribution is -2.50. The molecule has 4 aromatic rings. The van der Waals surface area contributed by atoms with Gasteiger partial charge in [-0.2, -0.15) is 13.2 Å². The molecule has 6 rings (SSSR count). The second-order valence-corrected chi connectivity index (χ2v) is 12.4. The smallest absolute Gasteiger partial charge is 0.416 e. The Morgan fingerprint density at radius 2 is 1.67 bits per heavy atom. The number of aromatic nitrogens is 1. The SMILES string of the molecule is CCN(CC)CCN1CCN(C(=O)c2c[nH]c(/C=C3\C(=O)Nc4cc(Oc5cccc(NC(=O)c6cccc(C(F)(F)F)c6)c5)ccc43)c2)CC1. The predicted octanol–water partition coefficient (Wildman–Crippen LogP) is 6.67. The molecular weight excluding hydrogens is 661 g/mol. The Morgan fingerprint density at radius 1 is 0.922 bits per heavy atom. The summed E-state index contributed by atoms with van der Waals surface area (Å²) in [5, 5.41) is 5.45. The van der Waals surface area contributed by atoms with Crippen molar-refractivity contribution in [3.05, 3.63) is 107 Å². The van der Waals surface area contributed by atoms with Gasteiger partial charge in [0, 0.05) is 80.1 Å². The van der Waals surface area contributed by atoms with E-state index in [1.807, 2.05) is 4.90 Å². The number of hydrogen-bond donors (Lipinski definition) is 3. The number of carbonyl (C=O) groups excluding carboxylic acids is 3. The molecule has 1 saturated heterocycles. The van der Waals surface area contributed by atoms with Crippen molar-refractivity contribution < 1.29 is 32.3 Å². The highest BCUT2D eigenvalue weighted by molar-refractivity contribution is 6.35. The standard InChI is InChI=1S/C38H39F3N6O4/c1-3-45(4-2)13-14-46-15-17-47(18-16-46)37(50)26-20-29(42-24-26)22-33-32-12-11-31(23-34(32)44-36(33)49)51-30-10-6-9-28(21-30)43-35(48)25-7-5-8-27(19-25)38(39,40)41/h5-12,19-24,42H,3-4,13-18H2,1-2H3,(H,43,48)(H,44,49)/b33-22-. The fraction of sp³-hybridized carbons (Fsp3) is 0.289. The van der Waals surface area contributed by atoms with Crippen molar-refractivity contribution in [1.82, 2.24) is 19.7 Å². The molecule has 10 nitrogen and oxygen atoms in total. The van der Waals surface area contributed by atoms with Gasteiger partial charge < -0.3 is 30.2 Å². The van der Waals surface area contributed by atoms with Gasteiger partial charge in [-0.15, -0.1) is 0 Å². The summed E-state index contributed by atoms with van der Waals surface area (Å²) in [5.74, 6) is -0.267. The second-order valence-electron chi connectivity index (χ2n) is 12.4. The molecule has 0 atom stereocenters. The first-order chi connectivity index (χ1) is 24.5. The number of carbonyl (C=O) groups is 3. The molecule has 3 heterocycles. The summed E-state index contributed by atoms with van der Waals surface area (Å²) in [6.45, 7) is 11.4. The molecule has 51 heavy (non-hydrogen) atoms. The van der Waals surface area contributed by atoms with Crippen molar-refractivity contribution in [2.45, 2.75) is 20.0 Å². The van der Waals surface area contributed by atoms with E-state index in [1.54, 1.807) is 60.8 Å². The molecule has 1 aromatic heterocycles. The minimum absolute atomic E-state index is 0.0448. The summed E-state index contributed by atoms with van der Waals surface area (Å²) in [4.78, 5) is 48.7. The molecule has 266 valence electrons. The minimum Gasteiger partial charge on any atom is -0.457 e. The van der Waals surface area contributed by atoms with E-state index < -0.39 is 17.6 Å². The first-order valence-corrected chi connectivity index (χ1v) is 16.9. The number of amides is 3. The van der Waals surface area contributed by atoms with E-state index in [0.29, 0.717) is 58.4 Å². The van der Waals surface area contributed by atoms with Crippen molar-refractivity contribution in [3.8, 4) is 11.5 Å². The van der Waals surface area contributed by atoms with Crippen LogP contribution in [0.3, 0.4) is 0 Å². The lowest BCUT2D eigenvalue weighted by atomic mass is 10.1. The number of rotatable bonds is 11. The van der Waals surface area contributed by atoms with Gasteiger partial charge in [0.25, 0.3) is 17.7 Å². The number of nitrogens with one attached hydrogen (secondary N) is 3. The Bertz CT molecular complexity index is 1940. The van der Waals surface area contributed by atoms with E-state index >= 15 is 0 Å². The fourth-order valence-corrected chi connectivity index (χ4v) is 6.15. The van der Waals surface area contributed by atoms with Crippen LogP contribution in [0.1, 0.15) is 51.4 Å². The number of fused-ring (bicyclic) bond motifs is 1. The van der Waals surface area contributed by atoms with Crippen molar-refractivity contribution in [2.24, 2.45) is 0 Å². The average Bonchev–Trinajstić information content (AvgIpc) is 3.72. The molecule has 3 aromatic carbocycles. The van der Waals surface area contributed by atoms with Crippen molar-refractivity contribution >= 4 is 40.7 Å². The minimum atomic E-state index is -4.57. The molecule has 0 aliphatic carbocycles. The van der Waals surface area contributed by atoms with Crippen LogP contribution in [0.15, 0.2) is 79.0 Å². The zero-order chi connectivity index (χ0) is 36.1. The normalized spacial score (nSPS) is 15.6. The van der Waals surface area contributed by atoms with E-state index in [4.69, 9.17) is 4.74 Å². The van der Waals surface area contributed by atoms with Crippen LogP contribution in [-0.2, 0) is 11.0 Å². The highest BCUT2D eigenvalue weighted by atomic mass is 19.4. The summed E-state index contributed by atoms with van der Waals surface area (Å²) in [6, 6.07) is 17.5. The first-order valence-electron chi connectivity index (χ1n) is 16.9. The Hall–Kier alpha value is -5.40. The van der Waals surface area contributed by atoms with E-state index in [-0.39, 0.29) is 17.4 Å². The molecule has 1 fully saturated rings. The number of alkyl halides is 3. The van der Waals surface area contributed by atoms with Crippen LogP contribution in [0.25, 0.3) is 11.6 Å². The summed E-state index contributed by atoms with van der Waals surface area (Å²) in [7, 11) is 0. The predicted molar refractivity (Wildman–Crippen MR) is 190 cm³/mol. The summed E-state index contributed by atoms with van der Waals surface area (Å²) in [6.07, 6.45) is -1.19. The van der Waals surface area contributed by atoms with Crippen molar-refractivity contribution in [1.29, 1.82) is 0 Å². The largest absolute Gasteiger partial charge is 0.457 e. The Labute approximate surface area is 293 Å². The Kier molecular flexibility index (Phi) is 10.6. The third-order valence-corrected chi connectivity index (χ3v) is 9.09. The van der Waals surface area contributed by atoms with Crippen molar-refractivity contribution in [3.63, 3.8) is 0 Å². The number of benzene rings is 3. The summed E-state index contributed by atoms with van der Waals surface area (Å²) >= 11 is 0. The third-order valence-electron chi connectivity index (χ3n) is 9.09. The topological polar surface area (TPSA) is 110 Å². The van der Waals surface area contributed by atoms with E-state index in [1.165, 1.54) is 12.1 Å². The van der Waals surface area contributed by atoms with E-state index in [0.717, 1.165) is 51.4 Å². The monoisotopic (exact) mass is 700 g/mol. The maximum Gasteiger partial charge on any atom is 0.416 e. The molecule has 0 saturated carbocycles. The fourth-order valence-electron chi connectivity index (χ4n) is 6.15. The summed E-state index contributed by atoms with van der Waals surface area (Å²) < 4.78 is 45.3. The quantitative estimate of drug-likeness (QED) is 0.151. The van der Waals surface area contributed by atoms with Gasteiger partial charge in [0.2, 0.25) is 0 Å².